The maximum absolute atomic E-state index is 3.25. The largest absolute Gasteiger partial charge is 0.357 e. The molecular weight excluding hydrogens is 142 g/mol. The van der Waals surface area contributed by atoms with Crippen LogP contribution in [0, 0.1) is 6.33 Å². The van der Waals surface area contributed by atoms with Crippen LogP contribution in [0.5, 0.6) is 0 Å². The maximum atomic E-state index is 3.25. The lowest BCUT2D eigenvalue weighted by atomic mass is 10.5. The van der Waals surface area contributed by atoms with Crippen LogP contribution >= 0.6 is 0 Å². The van der Waals surface area contributed by atoms with E-state index in [0.717, 1.165) is 0 Å². The highest BCUT2D eigenvalue weighted by Gasteiger charge is 1.65. The van der Waals surface area contributed by atoms with Gasteiger partial charge in [0.05, 0.1) is 0 Å². The fraction of sp³-hybridized carbons (Fsp3) is 0. The zero-order valence-corrected chi connectivity index (χ0v) is 5.73. The molecule has 56 valence electrons. The fourth-order valence-corrected chi connectivity index (χ4v) is 0.454. The van der Waals surface area contributed by atoms with E-state index < -0.39 is 0 Å². The Morgan fingerprint density at radius 2 is 2.00 bits per heavy atom. The number of nitrogens with zero attached hydrogens (tertiary/aromatic N) is 3. The third-order valence-corrected chi connectivity index (χ3v) is 0.847. The first-order valence-electron chi connectivity index (χ1n) is 3.01. The van der Waals surface area contributed by atoms with Gasteiger partial charge in [-0.25, -0.2) is 16.5 Å². The summed E-state index contributed by atoms with van der Waals surface area (Å²) in [6, 6.07) is 5.86. The SMILES string of the molecule is [c-]1nn[nH]n1.c1cc[nH+]cc1. The molecule has 0 unspecified atom stereocenters. The number of aromatic amines is 2. The van der Waals surface area contributed by atoms with Crippen molar-refractivity contribution in [1.82, 2.24) is 20.6 Å². The van der Waals surface area contributed by atoms with Crippen molar-refractivity contribution in [2.45, 2.75) is 0 Å². The Hall–Kier alpha value is -1.78. The van der Waals surface area contributed by atoms with Crippen molar-refractivity contribution in [1.29, 1.82) is 0 Å². The molecule has 0 aliphatic rings. The van der Waals surface area contributed by atoms with Gasteiger partial charge in [0.15, 0.2) is 12.4 Å². The molecule has 2 heterocycles. The van der Waals surface area contributed by atoms with Gasteiger partial charge in [-0.05, 0) is 0 Å². The van der Waals surface area contributed by atoms with Crippen molar-refractivity contribution < 1.29 is 4.98 Å². The predicted octanol–water partition coefficient (Wildman–Crippen LogP) is -0.499. The molecule has 2 N–H and O–H groups in total. The van der Waals surface area contributed by atoms with Gasteiger partial charge < -0.3 is 10.2 Å². The van der Waals surface area contributed by atoms with Crippen LogP contribution in [0.4, 0.5) is 0 Å². The minimum atomic E-state index is 1.88. The van der Waals surface area contributed by atoms with Crippen molar-refractivity contribution in [3.63, 3.8) is 0 Å². The maximum Gasteiger partial charge on any atom is 0.166 e. The van der Waals surface area contributed by atoms with Crippen LogP contribution in [-0.4, -0.2) is 20.6 Å². The number of pyridine rings is 1. The van der Waals surface area contributed by atoms with E-state index in [-0.39, 0.29) is 0 Å². The molecule has 0 saturated carbocycles. The Bertz CT molecular complexity index is 197. The average molecular weight is 149 g/mol. The molecule has 0 bridgehead atoms. The topological polar surface area (TPSA) is 68.6 Å². The minimum absolute atomic E-state index is 1.88. The second-order valence-electron chi connectivity index (χ2n) is 1.59. The number of tetrazole rings is 1. The summed E-state index contributed by atoms with van der Waals surface area (Å²) in [7, 11) is 0. The van der Waals surface area contributed by atoms with Crippen LogP contribution in [0.2, 0.25) is 0 Å². The first-order valence-corrected chi connectivity index (χ1v) is 3.01. The molecule has 2 aromatic rings. The number of hydrogen-bond acceptors (Lipinski definition) is 3. The second kappa shape index (κ2) is 5.04. The molecule has 5 nitrogen and oxygen atoms in total. The lowest BCUT2D eigenvalue weighted by Crippen LogP contribution is -1.93. The van der Waals surface area contributed by atoms with Gasteiger partial charge in [-0.15, -0.1) is 0 Å². The van der Waals surface area contributed by atoms with Crippen LogP contribution in [0.3, 0.4) is 0 Å². The first kappa shape index (κ1) is 7.33. The van der Waals surface area contributed by atoms with E-state index in [1.54, 1.807) is 0 Å². The second-order valence-corrected chi connectivity index (χ2v) is 1.59. The molecule has 0 atom stereocenters. The Kier molecular flexibility index (Phi) is 3.36. The van der Waals surface area contributed by atoms with E-state index in [1.165, 1.54) is 0 Å². The molecule has 0 amide bonds. The average Bonchev–Trinajstić information content (AvgIpc) is 2.64. The minimum Gasteiger partial charge on any atom is -0.357 e. The summed E-state index contributed by atoms with van der Waals surface area (Å²) < 4.78 is 0. The van der Waals surface area contributed by atoms with Gasteiger partial charge in [-0.1, -0.05) is 11.3 Å². The van der Waals surface area contributed by atoms with Crippen LogP contribution < -0.4 is 4.98 Å². The zero-order chi connectivity index (χ0) is 7.78. The van der Waals surface area contributed by atoms with Gasteiger partial charge in [0.2, 0.25) is 0 Å². The molecule has 0 saturated heterocycles. The Balaban J connectivity index is 0.000000112. The Morgan fingerprint density at radius 1 is 1.18 bits per heavy atom. The highest BCUT2D eigenvalue weighted by molar-refractivity contribution is 4.82. The van der Waals surface area contributed by atoms with Crippen LogP contribution in [0.25, 0.3) is 0 Å². The summed E-state index contributed by atoms with van der Waals surface area (Å²) in [5.41, 5.74) is 0. The highest BCUT2D eigenvalue weighted by Crippen LogP contribution is 1.68. The van der Waals surface area contributed by atoms with Gasteiger partial charge in [0, 0.05) is 12.1 Å². The highest BCUT2D eigenvalue weighted by atomic mass is 15.5. The van der Waals surface area contributed by atoms with Gasteiger partial charge >= 0.3 is 0 Å². The molecule has 0 radical (unpaired) electrons. The van der Waals surface area contributed by atoms with Gasteiger partial charge in [-0.2, -0.15) is 0 Å². The molecule has 0 aliphatic carbocycles. The Morgan fingerprint density at radius 3 is 2.18 bits per heavy atom. The summed E-state index contributed by atoms with van der Waals surface area (Å²) in [6.45, 7) is 0. The molecule has 5 heteroatoms. The van der Waals surface area contributed by atoms with Crippen molar-refractivity contribution in [3.8, 4) is 0 Å². The van der Waals surface area contributed by atoms with Crippen molar-refractivity contribution in [2.24, 2.45) is 0 Å². The Labute approximate surface area is 63.5 Å². The van der Waals surface area contributed by atoms with Crippen LogP contribution in [-0.2, 0) is 0 Å². The predicted molar refractivity (Wildman–Crippen MR) is 36.0 cm³/mol. The van der Waals surface area contributed by atoms with E-state index in [0.29, 0.717) is 0 Å². The molecule has 11 heavy (non-hydrogen) atoms. The normalized spacial score (nSPS) is 8.00. The fourth-order valence-electron chi connectivity index (χ4n) is 0.454. The van der Waals surface area contributed by atoms with E-state index in [9.17, 15) is 0 Å². The van der Waals surface area contributed by atoms with Gasteiger partial charge in [0.1, 0.15) is 0 Å². The van der Waals surface area contributed by atoms with Crippen molar-refractivity contribution in [3.05, 3.63) is 36.9 Å². The van der Waals surface area contributed by atoms with Gasteiger partial charge in [0.25, 0.3) is 0 Å². The third kappa shape index (κ3) is 3.74. The molecule has 0 aliphatic heterocycles. The standard InChI is InChI=1S/C5H5N.CHN4/c1-2-4-6-5-3-1;1-2-4-5-3-1/h1-5H;(H,2,3,4,5)/q;-1/p+1. The number of aromatic nitrogens is 5. The molecule has 0 spiro atoms. The lowest BCUT2D eigenvalue weighted by molar-refractivity contribution is -0.377. The van der Waals surface area contributed by atoms with Crippen LogP contribution in [0.15, 0.2) is 30.6 Å². The number of rotatable bonds is 0. The van der Waals surface area contributed by atoms with E-state index in [4.69, 9.17) is 0 Å². The van der Waals surface area contributed by atoms with Gasteiger partial charge in [-0.3, -0.25) is 0 Å². The number of H-pyrrole nitrogens is 2. The zero-order valence-electron chi connectivity index (χ0n) is 5.73. The first-order chi connectivity index (χ1) is 5.50. The quantitative estimate of drug-likeness (QED) is 0.513. The van der Waals surface area contributed by atoms with E-state index in [1.807, 2.05) is 30.6 Å². The lowest BCUT2D eigenvalue weighted by Gasteiger charge is -1.63. The molecule has 2 aromatic heterocycles. The van der Waals surface area contributed by atoms with Crippen molar-refractivity contribution >= 4 is 0 Å². The summed E-state index contributed by atoms with van der Waals surface area (Å²) in [5.74, 6) is 0. The molecule has 2 rings (SSSR count). The number of nitrogens with one attached hydrogen (secondary N) is 2. The summed E-state index contributed by atoms with van der Waals surface area (Å²) in [6.07, 6.45) is 5.94. The summed E-state index contributed by atoms with van der Waals surface area (Å²) in [4.78, 5) is 2.89. The monoisotopic (exact) mass is 149 g/mol. The molecule has 0 aromatic carbocycles. The molecular formula is C6H7N5. The van der Waals surface area contributed by atoms with Crippen molar-refractivity contribution in [2.75, 3.05) is 0 Å². The third-order valence-electron chi connectivity index (χ3n) is 0.847. The summed E-state index contributed by atoms with van der Waals surface area (Å²) >= 11 is 0. The summed E-state index contributed by atoms with van der Waals surface area (Å²) in [5, 5.41) is 11.8. The number of hydrogen-bond donors (Lipinski definition) is 1. The van der Waals surface area contributed by atoms with Crippen LogP contribution in [0.1, 0.15) is 0 Å². The molecule has 0 fully saturated rings. The smallest absolute Gasteiger partial charge is 0.166 e. The van der Waals surface area contributed by atoms with E-state index >= 15 is 0 Å². The van der Waals surface area contributed by atoms with E-state index in [2.05, 4.69) is 31.9 Å².